The summed E-state index contributed by atoms with van der Waals surface area (Å²) in [7, 11) is 0. The average molecular weight is 308 g/mol. The van der Waals surface area contributed by atoms with Crippen LogP contribution in [0, 0.1) is 0 Å². The van der Waals surface area contributed by atoms with Crippen LogP contribution in [0.3, 0.4) is 0 Å². The van der Waals surface area contributed by atoms with Gasteiger partial charge in [-0.15, -0.1) is 0 Å². The Morgan fingerprint density at radius 2 is 2.10 bits per heavy atom. The number of ether oxygens (including phenoxy) is 1. The number of hydrogen-bond donors (Lipinski definition) is 1. The molecule has 3 heteroatoms. The molecule has 1 N–H and O–H groups in total. The van der Waals surface area contributed by atoms with Crippen LogP contribution in [0.2, 0.25) is 0 Å². The predicted molar refractivity (Wildman–Crippen MR) is 93.1 cm³/mol. The zero-order valence-corrected chi connectivity index (χ0v) is 14.6. The molecule has 0 saturated heterocycles. The first-order chi connectivity index (χ1) is 9.99. The highest BCUT2D eigenvalue weighted by atomic mass is 32.2. The molecule has 2 nitrogen and oxygen atoms in total. The van der Waals surface area contributed by atoms with Crippen LogP contribution in [0.5, 0.6) is 0 Å². The Balaban J connectivity index is 2.00. The third-order valence-electron chi connectivity index (χ3n) is 3.80. The molecule has 1 aliphatic rings. The molecular formula is C18H29NOS. The van der Waals surface area contributed by atoms with Gasteiger partial charge in [0.25, 0.3) is 0 Å². The van der Waals surface area contributed by atoms with Gasteiger partial charge in [-0.05, 0) is 30.5 Å². The molecule has 0 saturated carbocycles. The van der Waals surface area contributed by atoms with Crippen molar-refractivity contribution >= 4 is 11.8 Å². The van der Waals surface area contributed by atoms with E-state index in [0.717, 1.165) is 31.7 Å². The van der Waals surface area contributed by atoms with Crippen molar-refractivity contribution in [1.82, 2.24) is 5.32 Å². The van der Waals surface area contributed by atoms with E-state index in [1.807, 2.05) is 11.8 Å². The van der Waals surface area contributed by atoms with Crippen molar-refractivity contribution in [3.05, 3.63) is 35.4 Å². The number of benzene rings is 1. The van der Waals surface area contributed by atoms with Crippen LogP contribution >= 0.6 is 11.8 Å². The van der Waals surface area contributed by atoms with Crippen LogP contribution in [0.1, 0.15) is 51.3 Å². The molecule has 21 heavy (non-hydrogen) atoms. The number of rotatable bonds is 6. The lowest BCUT2D eigenvalue weighted by molar-refractivity contribution is 0.0312. The minimum absolute atomic E-state index is 0.250. The minimum Gasteiger partial charge on any atom is -0.373 e. The summed E-state index contributed by atoms with van der Waals surface area (Å²) in [5.41, 5.74) is 2.86. The van der Waals surface area contributed by atoms with Gasteiger partial charge in [0.1, 0.15) is 0 Å². The quantitative estimate of drug-likeness (QED) is 0.851. The van der Waals surface area contributed by atoms with Crippen LogP contribution in [0.15, 0.2) is 24.3 Å². The number of hydrogen-bond acceptors (Lipinski definition) is 3. The van der Waals surface area contributed by atoms with E-state index in [0.29, 0.717) is 10.8 Å². The SMILES string of the molecule is CCNC(CSC(C)(C)C)CC1OCCc2ccccc21. The molecular weight excluding hydrogens is 278 g/mol. The molecule has 1 aromatic carbocycles. The third-order valence-corrected chi connectivity index (χ3v) is 5.24. The predicted octanol–water partition coefficient (Wildman–Crippen LogP) is 4.20. The van der Waals surface area contributed by atoms with Gasteiger partial charge in [-0.1, -0.05) is 52.0 Å². The smallest absolute Gasteiger partial charge is 0.0842 e. The standard InChI is InChI=1S/C18H29NOS/c1-5-19-15(13-21-18(2,3)4)12-17-16-9-7-6-8-14(16)10-11-20-17/h6-9,15,17,19H,5,10-13H2,1-4H3. The molecule has 0 bridgehead atoms. The summed E-state index contributed by atoms with van der Waals surface area (Å²) in [6.07, 6.45) is 2.36. The van der Waals surface area contributed by atoms with Crippen LogP contribution in [-0.2, 0) is 11.2 Å². The number of fused-ring (bicyclic) bond motifs is 1. The van der Waals surface area contributed by atoms with E-state index >= 15 is 0 Å². The zero-order valence-electron chi connectivity index (χ0n) is 13.8. The highest BCUT2D eigenvalue weighted by Crippen LogP contribution is 2.32. The molecule has 0 amide bonds. The van der Waals surface area contributed by atoms with E-state index < -0.39 is 0 Å². The minimum atomic E-state index is 0.250. The molecule has 0 radical (unpaired) electrons. The molecule has 118 valence electrons. The summed E-state index contributed by atoms with van der Waals surface area (Å²) >= 11 is 2.03. The third kappa shape index (κ3) is 5.32. The Labute approximate surface area is 134 Å². The highest BCUT2D eigenvalue weighted by molar-refractivity contribution is 8.00. The van der Waals surface area contributed by atoms with Gasteiger partial charge in [0.15, 0.2) is 0 Å². The van der Waals surface area contributed by atoms with Crippen molar-refractivity contribution < 1.29 is 4.74 Å². The summed E-state index contributed by atoms with van der Waals surface area (Å²) in [5, 5.41) is 3.63. The fourth-order valence-electron chi connectivity index (χ4n) is 2.78. The van der Waals surface area contributed by atoms with E-state index in [9.17, 15) is 0 Å². The maximum atomic E-state index is 6.06. The fourth-order valence-corrected chi connectivity index (χ4v) is 3.74. The van der Waals surface area contributed by atoms with E-state index in [-0.39, 0.29) is 6.10 Å². The molecule has 0 aliphatic carbocycles. The highest BCUT2D eigenvalue weighted by Gasteiger charge is 2.24. The van der Waals surface area contributed by atoms with Crippen LogP contribution in [0.4, 0.5) is 0 Å². The lowest BCUT2D eigenvalue weighted by Gasteiger charge is -2.30. The maximum Gasteiger partial charge on any atom is 0.0842 e. The number of nitrogens with one attached hydrogen (secondary N) is 1. The molecule has 0 aromatic heterocycles. The molecule has 1 aliphatic heterocycles. The molecule has 0 fully saturated rings. The summed E-state index contributed by atoms with van der Waals surface area (Å²) in [5.74, 6) is 1.14. The average Bonchev–Trinajstić information content (AvgIpc) is 2.44. The molecule has 2 rings (SSSR count). The molecule has 0 spiro atoms. The van der Waals surface area contributed by atoms with E-state index in [1.165, 1.54) is 11.1 Å². The molecule has 2 atom stereocenters. The molecule has 1 aromatic rings. The molecule has 2 unspecified atom stereocenters. The largest absolute Gasteiger partial charge is 0.373 e. The van der Waals surface area contributed by atoms with Crippen molar-refractivity contribution in [1.29, 1.82) is 0 Å². The van der Waals surface area contributed by atoms with Gasteiger partial charge < -0.3 is 10.1 Å². The first-order valence-electron chi connectivity index (χ1n) is 8.06. The first kappa shape index (κ1) is 16.9. The Bertz CT molecular complexity index is 441. The lowest BCUT2D eigenvalue weighted by atomic mass is 9.94. The van der Waals surface area contributed by atoms with Crippen molar-refractivity contribution in [3.8, 4) is 0 Å². The first-order valence-corrected chi connectivity index (χ1v) is 9.05. The van der Waals surface area contributed by atoms with Crippen LogP contribution in [-0.4, -0.2) is 29.7 Å². The van der Waals surface area contributed by atoms with Gasteiger partial charge in [0, 0.05) is 16.5 Å². The van der Waals surface area contributed by atoms with Gasteiger partial charge in [-0.25, -0.2) is 0 Å². The molecule has 1 heterocycles. The summed E-state index contributed by atoms with van der Waals surface area (Å²) in [6.45, 7) is 10.9. The Hall–Kier alpha value is -0.510. The number of thioether (sulfide) groups is 1. The van der Waals surface area contributed by atoms with Gasteiger partial charge in [0.2, 0.25) is 0 Å². The van der Waals surface area contributed by atoms with Gasteiger partial charge in [0.05, 0.1) is 12.7 Å². The Morgan fingerprint density at radius 1 is 1.33 bits per heavy atom. The normalized spacial score (nSPS) is 20.1. The van der Waals surface area contributed by atoms with Crippen LogP contribution < -0.4 is 5.32 Å². The van der Waals surface area contributed by atoms with Crippen molar-refractivity contribution in [2.75, 3.05) is 18.9 Å². The Kier molecular flexibility index (Phi) is 6.15. The van der Waals surface area contributed by atoms with Crippen molar-refractivity contribution in [2.24, 2.45) is 0 Å². The van der Waals surface area contributed by atoms with E-state index in [1.54, 1.807) is 0 Å². The topological polar surface area (TPSA) is 21.3 Å². The summed E-state index contributed by atoms with van der Waals surface area (Å²) < 4.78 is 6.38. The van der Waals surface area contributed by atoms with Gasteiger partial charge in [-0.3, -0.25) is 0 Å². The Morgan fingerprint density at radius 3 is 2.81 bits per heavy atom. The second kappa shape index (κ2) is 7.66. The summed E-state index contributed by atoms with van der Waals surface area (Å²) in [6, 6.07) is 9.26. The van der Waals surface area contributed by atoms with E-state index in [4.69, 9.17) is 4.74 Å². The van der Waals surface area contributed by atoms with Gasteiger partial charge >= 0.3 is 0 Å². The second-order valence-electron chi connectivity index (χ2n) is 6.72. The monoisotopic (exact) mass is 307 g/mol. The second-order valence-corrected chi connectivity index (χ2v) is 8.57. The zero-order chi connectivity index (χ0) is 15.3. The van der Waals surface area contributed by atoms with Crippen molar-refractivity contribution in [2.45, 2.75) is 57.4 Å². The van der Waals surface area contributed by atoms with E-state index in [2.05, 4.69) is 57.3 Å². The van der Waals surface area contributed by atoms with Crippen molar-refractivity contribution in [3.63, 3.8) is 0 Å². The van der Waals surface area contributed by atoms with Gasteiger partial charge in [-0.2, -0.15) is 11.8 Å². The van der Waals surface area contributed by atoms with Crippen LogP contribution in [0.25, 0.3) is 0 Å². The lowest BCUT2D eigenvalue weighted by Crippen LogP contribution is -2.35. The summed E-state index contributed by atoms with van der Waals surface area (Å²) in [4.78, 5) is 0. The maximum absolute atomic E-state index is 6.06. The fraction of sp³-hybridized carbons (Fsp3) is 0.667.